The zero-order valence-electron chi connectivity index (χ0n) is 8.46. The van der Waals surface area contributed by atoms with E-state index in [1.807, 2.05) is 6.92 Å². The minimum absolute atomic E-state index is 0.0352. The van der Waals surface area contributed by atoms with Gasteiger partial charge in [-0.3, -0.25) is 0 Å². The van der Waals surface area contributed by atoms with Gasteiger partial charge in [0.05, 0.1) is 0 Å². The van der Waals surface area contributed by atoms with Gasteiger partial charge in [0.15, 0.2) is 0 Å². The van der Waals surface area contributed by atoms with Crippen molar-refractivity contribution < 1.29 is 4.39 Å². The monoisotopic (exact) mass is 193 g/mol. The standard InChI is InChI=1S/C12H16FN/c1-3-4-12(14)8-10-7-11(13)6-5-9(10)2/h3,5-7,12H,1,4,8,14H2,2H3. The lowest BCUT2D eigenvalue weighted by Gasteiger charge is -2.11. The summed E-state index contributed by atoms with van der Waals surface area (Å²) in [5, 5.41) is 0. The Morgan fingerprint density at radius 1 is 1.57 bits per heavy atom. The van der Waals surface area contributed by atoms with Gasteiger partial charge in [-0.2, -0.15) is 0 Å². The molecule has 1 atom stereocenters. The van der Waals surface area contributed by atoms with Crippen LogP contribution >= 0.6 is 0 Å². The topological polar surface area (TPSA) is 26.0 Å². The Morgan fingerprint density at radius 3 is 2.93 bits per heavy atom. The van der Waals surface area contributed by atoms with Gasteiger partial charge in [0, 0.05) is 6.04 Å². The van der Waals surface area contributed by atoms with Gasteiger partial charge in [0.1, 0.15) is 5.82 Å². The summed E-state index contributed by atoms with van der Waals surface area (Å²) in [6.45, 7) is 5.60. The fourth-order valence-electron chi connectivity index (χ4n) is 1.44. The molecule has 0 aliphatic carbocycles. The molecule has 0 amide bonds. The fraction of sp³-hybridized carbons (Fsp3) is 0.333. The molecule has 1 aromatic carbocycles. The van der Waals surface area contributed by atoms with Crippen LogP contribution in [0.4, 0.5) is 4.39 Å². The molecule has 2 N–H and O–H groups in total. The van der Waals surface area contributed by atoms with Gasteiger partial charge in [-0.1, -0.05) is 12.1 Å². The zero-order chi connectivity index (χ0) is 10.6. The Kier molecular flexibility index (Phi) is 3.84. The van der Waals surface area contributed by atoms with E-state index in [0.29, 0.717) is 6.42 Å². The van der Waals surface area contributed by atoms with Crippen molar-refractivity contribution in [3.05, 3.63) is 47.8 Å². The molecule has 0 aliphatic rings. The first-order valence-electron chi connectivity index (χ1n) is 4.75. The van der Waals surface area contributed by atoms with Crippen molar-refractivity contribution >= 4 is 0 Å². The lowest BCUT2D eigenvalue weighted by Crippen LogP contribution is -2.22. The SMILES string of the molecule is C=CCC(N)Cc1cc(F)ccc1C. The van der Waals surface area contributed by atoms with Crippen molar-refractivity contribution in [3.63, 3.8) is 0 Å². The summed E-state index contributed by atoms with van der Waals surface area (Å²) in [7, 11) is 0. The summed E-state index contributed by atoms with van der Waals surface area (Å²) in [5.74, 6) is -0.198. The summed E-state index contributed by atoms with van der Waals surface area (Å²) in [6, 6.07) is 4.84. The van der Waals surface area contributed by atoms with Crippen LogP contribution in [0.25, 0.3) is 0 Å². The molecule has 1 aromatic rings. The summed E-state index contributed by atoms with van der Waals surface area (Å²) >= 11 is 0. The lowest BCUT2D eigenvalue weighted by molar-refractivity contribution is 0.618. The number of benzene rings is 1. The van der Waals surface area contributed by atoms with Crippen molar-refractivity contribution in [2.75, 3.05) is 0 Å². The van der Waals surface area contributed by atoms with Crippen LogP contribution in [0.5, 0.6) is 0 Å². The molecule has 0 fully saturated rings. The molecule has 2 heteroatoms. The maximum Gasteiger partial charge on any atom is 0.123 e. The number of halogens is 1. The molecular weight excluding hydrogens is 177 g/mol. The van der Waals surface area contributed by atoms with E-state index in [9.17, 15) is 4.39 Å². The quantitative estimate of drug-likeness (QED) is 0.731. The molecule has 0 bridgehead atoms. The minimum Gasteiger partial charge on any atom is -0.327 e. The molecule has 14 heavy (non-hydrogen) atoms. The predicted molar refractivity (Wildman–Crippen MR) is 57.6 cm³/mol. The van der Waals surface area contributed by atoms with Crippen LogP contribution in [0.15, 0.2) is 30.9 Å². The Labute approximate surface area is 84.4 Å². The number of rotatable bonds is 4. The maximum absolute atomic E-state index is 12.9. The van der Waals surface area contributed by atoms with Crippen LogP contribution < -0.4 is 5.73 Å². The Bertz CT molecular complexity index is 320. The van der Waals surface area contributed by atoms with Crippen molar-refractivity contribution in [3.8, 4) is 0 Å². The van der Waals surface area contributed by atoms with Gasteiger partial charge in [0.2, 0.25) is 0 Å². The lowest BCUT2D eigenvalue weighted by atomic mass is 10.00. The molecular formula is C12H16FN. The van der Waals surface area contributed by atoms with Gasteiger partial charge < -0.3 is 5.73 Å². The Balaban J connectivity index is 2.74. The third-order valence-corrected chi connectivity index (χ3v) is 2.26. The molecule has 0 radical (unpaired) electrons. The second-order valence-corrected chi connectivity index (χ2v) is 3.56. The molecule has 0 heterocycles. The molecule has 1 nitrogen and oxygen atoms in total. The van der Waals surface area contributed by atoms with Gasteiger partial charge >= 0.3 is 0 Å². The molecule has 1 rings (SSSR count). The zero-order valence-corrected chi connectivity index (χ0v) is 8.46. The van der Waals surface area contributed by atoms with E-state index < -0.39 is 0 Å². The first kappa shape index (κ1) is 10.9. The van der Waals surface area contributed by atoms with E-state index in [1.54, 1.807) is 18.2 Å². The first-order chi connectivity index (χ1) is 6.63. The van der Waals surface area contributed by atoms with Crippen molar-refractivity contribution in [2.45, 2.75) is 25.8 Å². The summed E-state index contributed by atoms with van der Waals surface area (Å²) < 4.78 is 12.9. The third kappa shape index (κ3) is 2.96. The number of nitrogens with two attached hydrogens (primary N) is 1. The first-order valence-corrected chi connectivity index (χ1v) is 4.75. The van der Waals surface area contributed by atoms with E-state index in [4.69, 9.17) is 5.73 Å². The highest BCUT2D eigenvalue weighted by molar-refractivity contribution is 5.27. The smallest absolute Gasteiger partial charge is 0.123 e. The van der Waals surface area contributed by atoms with Gasteiger partial charge in [-0.15, -0.1) is 6.58 Å². The number of aryl methyl sites for hydroxylation is 1. The van der Waals surface area contributed by atoms with Crippen LogP contribution in [-0.4, -0.2) is 6.04 Å². The number of hydrogen-bond donors (Lipinski definition) is 1. The van der Waals surface area contributed by atoms with E-state index in [0.717, 1.165) is 17.5 Å². The van der Waals surface area contributed by atoms with Gasteiger partial charge in [-0.05, 0) is 43.0 Å². The third-order valence-electron chi connectivity index (χ3n) is 2.26. The fourth-order valence-corrected chi connectivity index (χ4v) is 1.44. The van der Waals surface area contributed by atoms with Crippen molar-refractivity contribution in [2.24, 2.45) is 5.73 Å². The average molecular weight is 193 g/mol. The molecule has 0 aromatic heterocycles. The Morgan fingerprint density at radius 2 is 2.29 bits per heavy atom. The van der Waals surface area contributed by atoms with Crippen LogP contribution in [-0.2, 0) is 6.42 Å². The van der Waals surface area contributed by atoms with Gasteiger partial charge in [-0.25, -0.2) is 4.39 Å². The van der Waals surface area contributed by atoms with E-state index in [2.05, 4.69) is 6.58 Å². The van der Waals surface area contributed by atoms with Gasteiger partial charge in [0.25, 0.3) is 0 Å². The van der Waals surface area contributed by atoms with Crippen LogP contribution in [0.2, 0.25) is 0 Å². The second-order valence-electron chi connectivity index (χ2n) is 3.56. The largest absolute Gasteiger partial charge is 0.327 e. The summed E-state index contributed by atoms with van der Waals surface area (Å²) in [6.07, 6.45) is 3.25. The maximum atomic E-state index is 12.9. The normalized spacial score (nSPS) is 12.5. The average Bonchev–Trinajstić information content (AvgIpc) is 2.12. The Hall–Kier alpha value is -1.15. The highest BCUT2D eigenvalue weighted by Crippen LogP contribution is 2.12. The van der Waals surface area contributed by atoms with Crippen molar-refractivity contribution in [1.29, 1.82) is 0 Å². The van der Waals surface area contributed by atoms with E-state index in [1.165, 1.54) is 6.07 Å². The van der Waals surface area contributed by atoms with E-state index >= 15 is 0 Å². The number of hydrogen-bond acceptors (Lipinski definition) is 1. The van der Waals surface area contributed by atoms with Crippen LogP contribution in [0.1, 0.15) is 17.5 Å². The van der Waals surface area contributed by atoms with E-state index in [-0.39, 0.29) is 11.9 Å². The molecule has 0 spiro atoms. The minimum atomic E-state index is -0.198. The second kappa shape index (κ2) is 4.91. The van der Waals surface area contributed by atoms with Crippen molar-refractivity contribution in [1.82, 2.24) is 0 Å². The molecule has 0 saturated heterocycles. The molecule has 76 valence electrons. The predicted octanol–water partition coefficient (Wildman–Crippen LogP) is 2.58. The van der Waals surface area contributed by atoms with Crippen LogP contribution in [0, 0.1) is 12.7 Å². The molecule has 1 unspecified atom stereocenters. The molecule has 0 saturated carbocycles. The van der Waals surface area contributed by atoms with Crippen LogP contribution in [0.3, 0.4) is 0 Å². The summed E-state index contributed by atoms with van der Waals surface area (Å²) in [4.78, 5) is 0. The highest BCUT2D eigenvalue weighted by atomic mass is 19.1. The highest BCUT2D eigenvalue weighted by Gasteiger charge is 2.05. The molecule has 0 aliphatic heterocycles. The summed E-state index contributed by atoms with van der Waals surface area (Å²) in [5.41, 5.74) is 7.92.